The molecule has 0 saturated carbocycles. The van der Waals surface area contributed by atoms with Gasteiger partial charge in [0.15, 0.2) is 5.78 Å². The zero-order chi connectivity index (χ0) is 20.3. The largest absolute Gasteiger partial charge is 0.769 e. The van der Waals surface area contributed by atoms with Crippen molar-refractivity contribution in [3.8, 4) is 0 Å². The molecule has 7 nitrogen and oxygen atoms in total. The van der Waals surface area contributed by atoms with Crippen LogP contribution in [-0.2, 0) is 0 Å². The molecular formula is C20H15ClN2O5-2. The summed E-state index contributed by atoms with van der Waals surface area (Å²) >= 11 is 6.05. The molecule has 3 rings (SSSR count). The molecule has 0 spiro atoms. The number of ketones is 1. The second-order valence-electron chi connectivity index (χ2n) is 5.98. The fraction of sp³-hybridized carbons (Fsp3) is 0.0500. The molecule has 3 aromatic rings. The zero-order valence-electron chi connectivity index (χ0n) is 14.4. The van der Waals surface area contributed by atoms with E-state index in [1.54, 1.807) is 60.7 Å². The minimum atomic E-state index is -0.960. The van der Waals surface area contributed by atoms with Crippen molar-refractivity contribution in [2.75, 3.05) is 10.5 Å². The maximum Gasteiger partial charge on any atom is 0.174 e. The molecule has 0 unspecified atom stereocenters. The van der Waals surface area contributed by atoms with Crippen molar-refractivity contribution >= 4 is 28.8 Å². The first-order valence-electron chi connectivity index (χ1n) is 8.20. The highest BCUT2D eigenvalue weighted by Crippen LogP contribution is 2.40. The highest BCUT2D eigenvalue weighted by atomic mass is 35.5. The third-order valence-corrected chi connectivity index (χ3v) is 4.58. The van der Waals surface area contributed by atoms with Crippen molar-refractivity contribution in [3.05, 3.63) is 105 Å². The summed E-state index contributed by atoms with van der Waals surface area (Å²) in [6.07, 6.45) is 0. The van der Waals surface area contributed by atoms with E-state index >= 15 is 0 Å². The first kappa shape index (κ1) is 19.8. The predicted octanol–water partition coefficient (Wildman–Crippen LogP) is 4.74. The van der Waals surface area contributed by atoms with Gasteiger partial charge in [0.1, 0.15) is 5.69 Å². The molecule has 28 heavy (non-hydrogen) atoms. The molecule has 0 saturated heterocycles. The summed E-state index contributed by atoms with van der Waals surface area (Å²) < 4.78 is 0. The monoisotopic (exact) mass is 398 g/mol. The number of rotatable bonds is 6. The lowest BCUT2D eigenvalue weighted by Crippen LogP contribution is -2.21. The molecule has 0 amide bonds. The van der Waals surface area contributed by atoms with Crippen LogP contribution in [0.25, 0.3) is 0 Å². The third kappa shape index (κ3) is 3.99. The molecule has 0 bridgehead atoms. The van der Waals surface area contributed by atoms with Gasteiger partial charge in [0.25, 0.3) is 0 Å². The van der Waals surface area contributed by atoms with Crippen molar-refractivity contribution in [1.29, 1.82) is 0 Å². The number of Topliss-reactive ketones (excluding diaryl/α,β-unsaturated/α-hetero) is 1. The van der Waals surface area contributed by atoms with Crippen LogP contribution in [0.1, 0.15) is 27.4 Å². The van der Waals surface area contributed by atoms with Crippen LogP contribution in [-0.4, -0.2) is 16.2 Å². The lowest BCUT2D eigenvalue weighted by molar-refractivity contribution is 0.0286. The van der Waals surface area contributed by atoms with E-state index < -0.39 is 16.8 Å². The van der Waals surface area contributed by atoms with Gasteiger partial charge in [-0.1, -0.05) is 72.3 Å². The van der Waals surface area contributed by atoms with E-state index in [1.807, 2.05) is 0 Å². The van der Waals surface area contributed by atoms with Crippen LogP contribution < -0.4 is 10.5 Å². The number of carbonyl (C=O) groups is 1. The molecule has 3 aromatic carbocycles. The average Bonchev–Trinajstić information content (AvgIpc) is 2.69. The van der Waals surface area contributed by atoms with Crippen LogP contribution in [0.15, 0.2) is 72.8 Å². The lowest BCUT2D eigenvalue weighted by atomic mass is 9.84. The molecule has 1 atom stereocenters. The van der Waals surface area contributed by atoms with Crippen molar-refractivity contribution in [1.82, 2.24) is 0 Å². The van der Waals surface area contributed by atoms with Crippen LogP contribution in [0.5, 0.6) is 0 Å². The van der Waals surface area contributed by atoms with E-state index in [4.69, 9.17) is 11.6 Å². The zero-order valence-corrected chi connectivity index (χ0v) is 15.2. The van der Waals surface area contributed by atoms with Crippen LogP contribution in [0.2, 0.25) is 5.02 Å². The van der Waals surface area contributed by atoms with Gasteiger partial charge in [0.2, 0.25) is 0 Å². The highest BCUT2D eigenvalue weighted by molar-refractivity contribution is 6.33. The Morgan fingerprint density at radius 1 is 0.893 bits per heavy atom. The number of nitrogens with zero attached hydrogens (tertiary/aromatic N) is 2. The predicted molar refractivity (Wildman–Crippen MR) is 106 cm³/mol. The average molecular weight is 399 g/mol. The summed E-state index contributed by atoms with van der Waals surface area (Å²) in [6.45, 7) is 0. The van der Waals surface area contributed by atoms with Gasteiger partial charge in [-0.2, -0.15) is 0 Å². The van der Waals surface area contributed by atoms with Gasteiger partial charge in [-0.15, -0.1) is 5.23 Å². The highest BCUT2D eigenvalue weighted by Gasteiger charge is 2.28. The minimum absolute atomic E-state index is 0.126. The third-order valence-electron chi connectivity index (χ3n) is 4.27. The molecule has 0 radical (unpaired) electrons. The van der Waals surface area contributed by atoms with E-state index in [9.17, 15) is 25.6 Å². The summed E-state index contributed by atoms with van der Waals surface area (Å²) in [7, 11) is 0. The minimum Gasteiger partial charge on any atom is -0.769 e. The van der Waals surface area contributed by atoms with Crippen molar-refractivity contribution in [2.45, 2.75) is 5.92 Å². The lowest BCUT2D eigenvalue weighted by Gasteiger charge is -2.39. The Morgan fingerprint density at radius 2 is 1.46 bits per heavy atom. The van der Waals surface area contributed by atoms with Gasteiger partial charge < -0.3 is 15.6 Å². The molecule has 0 fully saturated rings. The number of carbonyl (C=O) groups excluding carboxylic acids is 1. The second-order valence-corrected chi connectivity index (χ2v) is 6.39. The van der Waals surface area contributed by atoms with E-state index in [0.717, 1.165) is 6.07 Å². The Balaban J connectivity index is 2.24. The smallest absolute Gasteiger partial charge is 0.174 e. The van der Waals surface area contributed by atoms with Gasteiger partial charge in [-0.05, 0) is 23.3 Å². The molecule has 8 heteroatoms. The van der Waals surface area contributed by atoms with Crippen LogP contribution in [0, 0.1) is 10.4 Å². The number of benzene rings is 3. The van der Waals surface area contributed by atoms with Gasteiger partial charge in [0.05, 0.1) is 10.9 Å². The fourth-order valence-corrected chi connectivity index (χ4v) is 3.24. The van der Waals surface area contributed by atoms with Crippen molar-refractivity contribution in [2.24, 2.45) is 0 Å². The van der Waals surface area contributed by atoms with Crippen LogP contribution in [0.3, 0.4) is 0 Å². The van der Waals surface area contributed by atoms with Gasteiger partial charge >= 0.3 is 0 Å². The molecule has 0 aliphatic heterocycles. The molecule has 0 aromatic heterocycles. The SMILES string of the molecule is O=C(c1ccccc1)[C@@H](c1ccccc1)c1cc(Cl)c(N([O-])[O-])cc1N(O)O. The molecular weight excluding hydrogens is 384 g/mol. The van der Waals surface area contributed by atoms with Crippen molar-refractivity contribution < 1.29 is 15.2 Å². The van der Waals surface area contributed by atoms with E-state index in [2.05, 4.69) is 0 Å². The molecule has 144 valence electrons. The summed E-state index contributed by atoms with van der Waals surface area (Å²) in [4.78, 5) is 13.3. The van der Waals surface area contributed by atoms with Gasteiger partial charge in [-0.3, -0.25) is 15.2 Å². The molecule has 0 aliphatic carbocycles. The Kier molecular flexibility index (Phi) is 5.93. The number of anilines is 2. The summed E-state index contributed by atoms with van der Waals surface area (Å²) in [5.41, 5.74) is 0.283. The molecule has 0 heterocycles. The summed E-state index contributed by atoms with van der Waals surface area (Å²) in [5, 5.41) is 40.5. The topological polar surface area (TPSA) is 110 Å². The Morgan fingerprint density at radius 3 is 2.00 bits per heavy atom. The second kappa shape index (κ2) is 8.39. The van der Waals surface area contributed by atoms with E-state index in [0.29, 0.717) is 11.1 Å². The number of hydrogen-bond acceptors (Lipinski definition) is 7. The van der Waals surface area contributed by atoms with Crippen LogP contribution >= 0.6 is 11.6 Å². The maximum atomic E-state index is 13.3. The normalized spacial score (nSPS) is 11.8. The molecule has 2 N–H and O–H groups in total. The number of hydrogen-bond donors (Lipinski definition) is 2. The van der Waals surface area contributed by atoms with Gasteiger partial charge in [0, 0.05) is 11.3 Å². The van der Waals surface area contributed by atoms with E-state index in [-0.39, 0.29) is 27.3 Å². The van der Waals surface area contributed by atoms with E-state index in [1.165, 1.54) is 6.07 Å². The fourth-order valence-electron chi connectivity index (χ4n) is 3.00. The Hall–Kier alpha value is -2.94. The number of halogens is 1. The first-order chi connectivity index (χ1) is 13.4. The Labute approximate surface area is 165 Å². The Bertz CT molecular complexity index is 965. The molecule has 0 aliphatic rings. The quantitative estimate of drug-likeness (QED) is 0.455. The summed E-state index contributed by atoms with van der Waals surface area (Å²) in [5.74, 6) is -1.28. The first-order valence-corrected chi connectivity index (χ1v) is 8.58. The maximum absolute atomic E-state index is 13.3. The van der Waals surface area contributed by atoms with Crippen molar-refractivity contribution in [3.63, 3.8) is 0 Å². The van der Waals surface area contributed by atoms with Gasteiger partial charge in [-0.25, -0.2) is 0 Å². The van der Waals surface area contributed by atoms with Crippen LogP contribution in [0.4, 0.5) is 11.4 Å². The standard InChI is InChI=1S/C20H15ClN2O5/c21-16-11-15(17(22(25)26)12-18(16)23(27)28)19(13-7-3-1-4-8-13)20(24)14-9-5-2-6-10-14/h1-12,19,25-26H/q-2/t19-/m0/s1. The summed E-state index contributed by atoms with van der Waals surface area (Å²) in [6, 6.07) is 19.3.